The summed E-state index contributed by atoms with van der Waals surface area (Å²) in [6.07, 6.45) is 7.28. The van der Waals surface area contributed by atoms with Gasteiger partial charge in [-0.3, -0.25) is 4.79 Å². The van der Waals surface area contributed by atoms with Gasteiger partial charge in [0, 0.05) is 42.2 Å². The lowest BCUT2D eigenvalue weighted by Crippen LogP contribution is -2.50. The summed E-state index contributed by atoms with van der Waals surface area (Å²) in [6, 6.07) is 5.25. The van der Waals surface area contributed by atoms with Crippen molar-refractivity contribution in [2.45, 2.75) is 57.5 Å². The van der Waals surface area contributed by atoms with Crippen LogP contribution < -0.4 is 15.4 Å². The molecule has 2 aliphatic rings. The second-order valence-electron chi connectivity index (χ2n) is 7.72. The number of carbonyl (C=O) groups is 2. The molecule has 0 unspecified atom stereocenters. The molecule has 0 spiro atoms. The lowest BCUT2D eigenvalue weighted by atomic mass is 9.87. The Labute approximate surface area is 171 Å². The van der Waals surface area contributed by atoms with Gasteiger partial charge in [-0.2, -0.15) is 0 Å². The zero-order valence-electron chi connectivity index (χ0n) is 16.5. The third-order valence-electron chi connectivity index (χ3n) is 5.78. The molecule has 3 amide bonds. The zero-order chi connectivity index (χ0) is 19.9. The summed E-state index contributed by atoms with van der Waals surface area (Å²) in [5.41, 5.74) is 0.870. The van der Waals surface area contributed by atoms with Crippen LogP contribution >= 0.6 is 11.6 Å². The lowest BCUT2D eigenvalue weighted by Gasteiger charge is -2.35. The van der Waals surface area contributed by atoms with Gasteiger partial charge in [-0.1, -0.05) is 36.9 Å². The fraction of sp³-hybridized carbons (Fsp3) is 0.619. The van der Waals surface area contributed by atoms with Crippen LogP contribution in [0.15, 0.2) is 18.2 Å². The molecule has 28 heavy (non-hydrogen) atoms. The van der Waals surface area contributed by atoms with Gasteiger partial charge in [-0.05, 0) is 37.8 Å². The summed E-state index contributed by atoms with van der Waals surface area (Å²) in [7, 11) is 1.58. The number of likely N-dealkylation sites (tertiary alicyclic amines) is 1. The number of urea groups is 1. The smallest absolute Gasteiger partial charge is 0.315 e. The maximum atomic E-state index is 12.6. The minimum Gasteiger partial charge on any atom is -0.496 e. The first kappa shape index (κ1) is 20.8. The first-order valence-electron chi connectivity index (χ1n) is 10.2. The van der Waals surface area contributed by atoms with Crippen LogP contribution in [0.1, 0.15) is 50.5 Å². The predicted octanol–water partition coefficient (Wildman–Crippen LogP) is 3.72. The van der Waals surface area contributed by atoms with E-state index in [0.29, 0.717) is 23.2 Å². The second-order valence-corrected chi connectivity index (χ2v) is 8.15. The normalized spacial score (nSPS) is 18.6. The molecule has 1 heterocycles. The van der Waals surface area contributed by atoms with Crippen molar-refractivity contribution >= 4 is 23.5 Å². The van der Waals surface area contributed by atoms with Crippen molar-refractivity contribution in [1.29, 1.82) is 0 Å². The van der Waals surface area contributed by atoms with Gasteiger partial charge in [0.25, 0.3) is 0 Å². The number of methoxy groups -OCH3 is 1. The molecule has 0 radical (unpaired) electrons. The van der Waals surface area contributed by atoms with Gasteiger partial charge in [0.2, 0.25) is 5.91 Å². The number of hydrogen-bond acceptors (Lipinski definition) is 3. The van der Waals surface area contributed by atoms with E-state index < -0.39 is 0 Å². The summed E-state index contributed by atoms with van der Waals surface area (Å²) in [5.74, 6) is 1.19. The van der Waals surface area contributed by atoms with Crippen molar-refractivity contribution in [2.24, 2.45) is 5.92 Å². The molecular formula is C21H30ClN3O3. The van der Waals surface area contributed by atoms with E-state index >= 15 is 0 Å². The maximum absolute atomic E-state index is 12.6. The zero-order valence-corrected chi connectivity index (χ0v) is 17.3. The number of amides is 3. The Morgan fingerprint density at radius 1 is 1.14 bits per heavy atom. The average Bonchev–Trinajstić information content (AvgIpc) is 2.73. The van der Waals surface area contributed by atoms with Gasteiger partial charge < -0.3 is 20.3 Å². The molecule has 2 N–H and O–H groups in total. The van der Waals surface area contributed by atoms with E-state index in [-0.39, 0.29) is 18.0 Å². The van der Waals surface area contributed by atoms with Crippen LogP contribution in [0.2, 0.25) is 5.02 Å². The number of rotatable bonds is 5. The van der Waals surface area contributed by atoms with Gasteiger partial charge in [0.15, 0.2) is 0 Å². The highest BCUT2D eigenvalue weighted by molar-refractivity contribution is 6.30. The van der Waals surface area contributed by atoms with Crippen molar-refractivity contribution in [1.82, 2.24) is 15.5 Å². The van der Waals surface area contributed by atoms with Crippen LogP contribution in [-0.4, -0.2) is 43.1 Å². The van der Waals surface area contributed by atoms with E-state index in [2.05, 4.69) is 10.6 Å². The number of nitrogens with one attached hydrogen (secondary N) is 2. The van der Waals surface area contributed by atoms with E-state index in [0.717, 1.165) is 44.3 Å². The van der Waals surface area contributed by atoms with Gasteiger partial charge in [0.05, 0.1) is 7.11 Å². The summed E-state index contributed by atoms with van der Waals surface area (Å²) in [4.78, 5) is 26.9. The van der Waals surface area contributed by atoms with Gasteiger partial charge >= 0.3 is 6.03 Å². The monoisotopic (exact) mass is 407 g/mol. The SMILES string of the molecule is COc1cc(Cl)ccc1CNC(=O)NC1CCN(C(=O)C2CCCCC2)CC1. The van der Waals surface area contributed by atoms with Gasteiger partial charge in [0.1, 0.15) is 5.75 Å². The number of carbonyl (C=O) groups excluding carboxylic acids is 2. The first-order chi connectivity index (χ1) is 13.6. The highest BCUT2D eigenvalue weighted by Gasteiger charge is 2.29. The van der Waals surface area contributed by atoms with Crippen molar-refractivity contribution in [2.75, 3.05) is 20.2 Å². The molecule has 0 bridgehead atoms. The number of nitrogens with zero attached hydrogens (tertiary/aromatic N) is 1. The molecule has 154 valence electrons. The number of ether oxygens (including phenoxy) is 1. The third kappa shape index (κ3) is 5.53. The molecule has 2 fully saturated rings. The fourth-order valence-corrected chi connectivity index (χ4v) is 4.29. The average molecular weight is 408 g/mol. The van der Waals surface area contributed by atoms with E-state index in [1.165, 1.54) is 19.3 Å². The van der Waals surface area contributed by atoms with Crippen LogP contribution in [0.3, 0.4) is 0 Å². The summed E-state index contributed by atoms with van der Waals surface area (Å²) in [5, 5.41) is 6.49. The Morgan fingerprint density at radius 2 is 1.86 bits per heavy atom. The second kappa shape index (κ2) is 10.0. The van der Waals surface area contributed by atoms with E-state index in [4.69, 9.17) is 16.3 Å². The Balaban J connectivity index is 1.41. The third-order valence-corrected chi connectivity index (χ3v) is 6.02. The van der Waals surface area contributed by atoms with Crippen LogP contribution in [0.25, 0.3) is 0 Å². The first-order valence-corrected chi connectivity index (χ1v) is 10.6. The number of hydrogen-bond donors (Lipinski definition) is 2. The largest absolute Gasteiger partial charge is 0.496 e. The standard InChI is InChI=1S/C21H30ClN3O3/c1-28-19-13-17(22)8-7-16(19)14-23-21(27)24-18-9-11-25(12-10-18)20(26)15-5-3-2-4-6-15/h7-8,13,15,18H,2-6,9-12,14H2,1H3,(H2,23,24,27). The highest BCUT2D eigenvalue weighted by Crippen LogP contribution is 2.26. The van der Waals surface area contributed by atoms with E-state index in [9.17, 15) is 9.59 Å². The minimum atomic E-state index is -0.200. The van der Waals surface area contributed by atoms with Crippen molar-refractivity contribution in [3.63, 3.8) is 0 Å². The van der Waals surface area contributed by atoms with Crippen molar-refractivity contribution < 1.29 is 14.3 Å². The molecule has 1 saturated heterocycles. The van der Waals surface area contributed by atoms with Gasteiger partial charge in [-0.15, -0.1) is 0 Å². The van der Waals surface area contributed by atoms with Crippen LogP contribution in [0.5, 0.6) is 5.75 Å². The maximum Gasteiger partial charge on any atom is 0.315 e. The summed E-state index contributed by atoms with van der Waals surface area (Å²) in [6.45, 7) is 1.82. The van der Waals surface area contributed by atoms with E-state index in [1.807, 2.05) is 11.0 Å². The van der Waals surface area contributed by atoms with Crippen molar-refractivity contribution in [3.05, 3.63) is 28.8 Å². The quantitative estimate of drug-likeness (QED) is 0.781. The molecule has 6 nitrogen and oxygen atoms in total. The fourth-order valence-electron chi connectivity index (χ4n) is 4.13. The van der Waals surface area contributed by atoms with Crippen LogP contribution in [0, 0.1) is 5.92 Å². The molecule has 1 aromatic rings. The Hall–Kier alpha value is -1.95. The topological polar surface area (TPSA) is 70.7 Å². The number of benzene rings is 1. The molecular weight excluding hydrogens is 378 g/mol. The molecule has 0 atom stereocenters. The van der Waals surface area contributed by atoms with Gasteiger partial charge in [-0.25, -0.2) is 4.79 Å². The Bertz CT molecular complexity index is 683. The molecule has 1 aliphatic heterocycles. The number of halogens is 1. The summed E-state index contributed by atoms with van der Waals surface area (Å²) < 4.78 is 5.30. The molecule has 7 heteroatoms. The highest BCUT2D eigenvalue weighted by atomic mass is 35.5. The lowest BCUT2D eigenvalue weighted by molar-refractivity contribution is -0.137. The molecule has 1 aromatic carbocycles. The molecule has 1 saturated carbocycles. The van der Waals surface area contributed by atoms with E-state index in [1.54, 1.807) is 19.2 Å². The Kier molecular flexibility index (Phi) is 7.43. The van der Waals surface area contributed by atoms with Crippen molar-refractivity contribution in [3.8, 4) is 5.75 Å². The molecule has 3 rings (SSSR count). The Morgan fingerprint density at radius 3 is 2.54 bits per heavy atom. The number of piperidine rings is 1. The van der Waals surface area contributed by atoms with Crippen LogP contribution in [0.4, 0.5) is 4.79 Å². The van der Waals surface area contributed by atoms with Crippen LogP contribution in [-0.2, 0) is 11.3 Å². The predicted molar refractivity (Wildman–Crippen MR) is 110 cm³/mol. The molecule has 0 aromatic heterocycles. The summed E-state index contributed by atoms with van der Waals surface area (Å²) >= 11 is 5.96. The minimum absolute atomic E-state index is 0.0996. The molecule has 1 aliphatic carbocycles.